The number of nitrogens with one attached hydrogen (secondary N) is 1. The molecule has 0 aliphatic carbocycles. The Morgan fingerprint density at radius 3 is 2.16 bits per heavy atom. The summed E-state index contributed by atoms with van der Waals surface area (Å²) in [5.74, 6) is -0.730. The van der Waals surface area contributed by atoms with Gasteiger partial charge in [-0.05, 0) is 48.0 Å². The standard InChI is InChI=1S/C32H23ClF3N3O4S/c33-26-11-5-6-12-27(26)38-28(18-30(37)32(34,35)36)21-14-16-22(17-15-21)31(40)43-20-23-19-39(29-13-7-4-10-25(23)29)44(41,42)24-8-2-1-3-9-24/h1-17,19,37H,18,20H2. The number of carbonyl (C=O) groups is 1. The van der Waals surface area contributed by atoms with Gasteiger partial charge in [0.05, 0.1) is 32.4 Å². The van der Waals surface area contributed by atoms with E-state index in [9.17, 15) is 26.4 Å². The van der Waals surface area contributed by atoms with Crippen LogP contribution in [0.1, 0.15) is 27.9 Å². The van der Waals surface area contributed by atoms with Gasteiger partial charge in [-0.3, -0.25) is 4.99 Å². The van der Waals surface area contributed by atoms with Gasteiger partial charge in [0, 0.05) is 23.6 Å². The van der Waals surface area contributed by atoms with Crippen molar-refractivity contribution < 1.29 is 31.1 Å². The predicted molar refractivity (Wildman–Crippen MR) is 163 cm³/mol. The van der Waals surface area contributed by atoms with Crippen molar-refractivity contribution in [2.45, 2.75) is 24.1 Å². The van der Waals surface area contributed by atoms with Gasteiger partial charge >= 0.3 is 12.1 Å². The number of nitrogens with zero attached hydrogens (tertiary/aromatic N) is 2. The number of hydrogen-bond donors (Lipinski definition) is 1. The van der Waals surface area contributed by atoms with Crippen LogP contribution in [0.4, 0.5) is 18.9 Å². The second-order valence-electron chi connectivity index (χ2n) is 9.60. The van der Waals surface area contributed by atoms with Crippen LogP contribution in [0.15, 0.2) is 119 Å². The molecule has 0 radical (unpaired) electrons. The highest BCUT2D eigenvalue weighted by Crippen LogP contribution is 2.29. The molecular formula is C32H23ClF3N3O4S. The molecule has 0 spiro atoms. The zero-order valence-electron chi connectivity index (χ0n) is 22.8. The fourth-order valence-electron chi connectivity index (χ4n) is 4.42. The van der Waals surface area contributed by atoms with Crippen molar-refractivity contribution in [1.29, 1.82) is 5.41 Å². The Morgan fingerprint density at radius 2 is 1.48 bits per heavy atom. The summed E-state index contributed by atoms with van der Waals surface area (Å²) in [4.78, 5) is 17.3. The minimum absolute atomic E-state index is 0.0622. The number of fused-ring (bicyclic) bond motifs is 1. The first-order valence-corrected chi connectivity index (χ1v) is 14.9. The third-order valence-electron chi connectivity index (χ3n) is 6.67. The average Bonchev–Trinajstić information content (AvgIpc) is 3.40. The minimum atomic E-state index is -4.84. The molecular weight excluding hydrogens is 615 g/mol. The van der Waals surface area contributed by atoms with E-state index in [1.54, 1.807) is 60.7 Å². The lowest BCUT2D eigenvalue weighted by molar-refractivity contribution is -0.0605. The molecule has 0 amide bonds. The summed E-state index contributed by atoms with van der Waals surface area (Å²) in [6.45, 7) is -0.236. The fourth-order valence-corrected chi connectivity index (χ4v) is 6.02. The number of aliphatic imine (C=N–C) groups is 1. The van der Waals surface area contributed by atoms with Gasteiger partial charge in [-0.1, -0.05) is 72.3 Å². The number of benzene rings is 4. The van der Waals surface area contributed by atoms with E-state index in [-0.39, 0.29) is 39.1 Å². The molecule has 1 heterocycles. The number of carbonyl (C=O) groups excluding carboxylic acids is 1. The lowest BCUT2D eigenvalue weighted by atomic mass is 10.0. The molecule has 0 bridgehead atoms. The van der Waals surface area contributed by atoms with Crippen molar-refractivity contribution in [1.82, 2.24) is 3.97 Å². The van der Waals surface area contributed by atoms with Gasteiger partial charge < -0.3 is 10.1 Å². The zero-order valence-corrected chi connectivity index (χ0v) is 24.3. The van der Waals surface area contributed by atoms with E-state index in [1.807, 2.05) is 0 Å². The average molecular weight is 638 g/mol. The zero-order chi connectivity index (χ0) is 31.5. The second-order valence-corrected chi connectivity index (χ2v) is 11.8. The summed E-state index contributed by atoms with van der Waals surface area (Å²) in [6.07, 6.45) is -4.24. The Labute approximate surface area is 255 Å². The maximum Gasteiger partial charge on any atom is 0.429 e. The quantitative estimate of drug-likeness (QED) is 0.131. The molecule has 0 aliphatic rings. The highest BCUT2D eigenvalue weighted by atomic mass is 35.5. The van der Waals surface area contributed by atoms with E-state index in [0.717, 1.165) is 3.97 Å². The van der Waals surface area contributed by atoms with Crippen LogP contribution < -0.4 is 0 Å². The molecule has 224 valence electrons. The minimum Gasteiger partial charge on any atom is -0.457 e. The Morgan fingerprint density at radius 1 is 0.864 bits per heavy atom. The number of aromatic nitrogens is 1. The molecule has 12 heteroatoms. The molecule has 0 fully saturated rings. The van der Waals surface area contributed by atoms with Gasteiger partial charge in [0.2, 0.25) is 0 Å². The summed E-state index contributed by atoms with van der Waals surface area (Å²) in [6, 6.07) is 26.7. The Hall–Kier alpha value is -4.74. The van der Waals surface area contributed by atoms with Gasteiger partial charge in [-0.15, -0.1) is 0 Å². The number of halogens is 4. The SMILES string of the molecule is N=C(CC(=Nc1ccccc1Cl)c1ccc(C(=O)OCc2cn(S(=O)(=O)c3ccccc3)c3ccccc23)cc1)C(F)(F)F. The van der Waals surface area contributed by atoms with Crippen LogP contribution in [-0.2, 0) is 21.4 Å². The summed E-state index contributed by atoms with van der Waals surface area (Å²) >= 11 is 6.15. The van der Waals surface area contributed by atoms with Crippen LogP contribution in [-0.4, -0.2) is 36.0 Å². The molecule has 4 aromatic carbocycles. The lowest BCUT2D eigenvalue weighted by Crippen LogP contribution is -2.25. The van der Waals surface area contributed by atoms with Crippen LogP contribution >= 0.6 is 11.6 Å². The van der Waals surface area contributed by atoms with E-state index >= 15 is 0 Å². The molecule has 0 aliphatic heterocycles. The molecule has 0 atom stereocenters. The first-order chi connectivity index (χ1) is 20.9. The van der Waals surface area contributed by atoms with Crippen molar-refractivity contribution in [3.8, 4) is 0 Å². The molecule has 0 unspecified atom stereocenters. The number of esters is 1. The first kappa shape index (κ1) is 30.7. The second kappa shape index (κ2) is 12.5. The number of rotatable bonds is 9. The monoisotopic (exact) mass is 637 g/mol. The van der Waals surface area contributed by atoms with E-state index < -0.39 is 34.3 Å². The number of alkyl halides is 3. The fraction of sp³-hybridized carbons (Fsp3) is 0.0938. The van der Waals surface area contributed by atoms with E-state index in [2.05, 4.69) is 4.99 Å². The van der Waals surface area contributed by atoms with Crippen LogP contribution in [0.3, 0.4) is 0 Å². The first-order valence-electron chi connectivity index (χ1n) is 13.1. The summed E-state index contributed by atoms with van der Waals surface area (Å²) in [7, 11) is -3.92. The van der Waals surface area contributed by atoms with E-state index in [4.69, 9.17) is 21.7 Å². The molecule has 0 saturated carbocycles. The molecule has 5 aromatic rings. The predicted octanol–water partition coefficient (Wildman–Crippen LogP) is 7.98. The molecule has 0 saturated heterocycles. The maximum absolute atomic E-state index is 13.3. The van der Waals surface area contributed by atoms with E-state index in [0.29, 0.717) is 16.5 Å². The number of ether oxygens (including phenoxy) is 1. The Balaban J connectivity index is 1.38. The topological polar surface area (TPSA) is 102 Å². The molecule has 1 N–H and O–H groups in total. The van der Waals surface area contributed by atoms with Crippen molar-refractivity contribution in [2.24, 2.45) is 4.99 Å². The summed E-state index contributed by atoms with van der Waals surface area (Å²) in [5.41, 5.74) is -0.0717. The van der Waals surface area contributed by atoms with E-state index in [1.165, 1.54) is 48.7 Å². The Kier molecular flexibility index (Phi) is 8.70. The molecule has 44 heavy (non-hydrogen) atoms. The Bertz CT molecular complexity index is 1990. The van der Waals surface area contributed by atoms with Gasteiger partial charge in [-0.2, -0.15) is 13.2 Å². The van der Waals surface area contributed by atoms with Crippen molar-refractivity contribution in [3.05, 3.63) is 131 Å². The molecule has 1 aromatic heterocycles. The highest BCUT2D eigenvalue weighted by molar-refractivity contribution is 7.90. The summed E-state index contributed by atoms with van der Waals surface area (Å²) < 4.78 is 72.9. The highest BCUT2D eigenvalue weighted by Gasteiger charge is 2.35. The smallest absolute Gasteiger partial charge is 0.429 e. The van der Waals surface area contributed by atoms with Gasteiger partial charge in [-0.25, -0.2) is 17.2 Å². The molecule has 5 rings (SSSR count). The van der Waals surface area contributed by atoms with Crippen molar-refractivity contribution in [2.75, 3.05) is 0 Å². The third-order valence-corrected chi connectivity index (χ3v) is 8.67. The van der Waals surface area contributed by atoms with Gasteiger partial charge in [0.15, 0.2) is 0 Å². The van der Waals surface area contributed by atoms with Crippen molar-refractivity contribution in [3.63, 3.8) is 0 Å². The van der Waals surface area contributed by atoms with Gasteiger partial charge in [0.25, 0.3) is 10.0 Å². The molecule has 7 nitrogen and oxygen atoms in total. The van der Waals surface area contributed by atoms with Crippen LogP contribution in [0.2, 0.25) is 5.02 Å². The van der Waals surface area contributed by atoms with Gasteiger partial charge in [0.1, 0.15) is 12.3 Å². The maximum atomic E-state index is 13.3. The third kappa shape index (κ3) is 6.58. The number of para-hydroxylation sites is 2. The lowest BCUT2D eigenvalue weighted by Gasteiger charge is -2.12. The van der Waals surface area contributed by atoms with Crippen LogP contribution in [0.25, 0.3) is 10.9 Å². The summed E-state index contributed by atoms with van der Waals surface area (Å²) in [5, 5.41) is 8.29. The van der Waals surface area contributed by atoms with Crippen LogP contribution in [0.5, 0.6) is 0 Å². The number of hydrogen-bond acceptors (Lipinski definition) is 6. The van der Waals surface area contributed by atoms with Crippen molar-refractivity contribution >= 4 is 55.6 Å². The van der Waals surface area contributed by atoms with Crippen LogP contribution in [0, 0.1) is 5.41 Å². The normalized spacial score (nSPS) is 12.3. The largest absolute Gasteiger partial charge is 0.457 e.